The zero-order valence-corrected chi connectivity index (χ0v) is 20.7. The molecule has 0 aliphatic carbocycles. The topological polar surface area (TPSA) is 173 Å². The third kappa shape index (κ3) is 7.74. The van der Waals surface area contributed by atoms with Crippen molar-refractivity contribution in [2.45, 2.75) is 61.4 Å². The van der Waals surface area contributed by atoms with Crippen LogP contribution in [0.4, 0.5) is 0 Å². The zero-order chi connectivity index (χ0) is 25.9. The van der Waals surface area contributed by atoms with Crippen LogP contribution >= 0.6 is 0 Å². The lowest BCUT2D eigenvalue weighted by Crippen LogP contribution is -2.61. The standard InChI is InChI=1S/C22H40O14/c1-27-21-19-17(15(25)13(11-23)35-21)31-7-3-30-6-10-34-20-18(32-8-4-29-5-9-33-19)16(26)14(12-24)36-22(20)28-2/h13-26H,3-12H2,1-2H3/t13-,14-,15+,16+,17+,18+,19+,20+,21-,22+/m0/s1. The van der Waals surface area contributed by atoms with E-state index in [1.165, 1.54) is 14.2 Å². The minimum Gasteiger partial charge on any atom is -0.394 e. The Kier molecular flexibility index (Phi) is 13.1. The average Bonchev–Trinajstić information content (AvgIpc) is 2.89. The first-order valence-electron chi connectivity index (χ1n) is 12.1. The van der Waals surface area contributed by atoms with E-state index >= 15 is 0 Å². The first-order chi connectivity index (χ1) is 17.5. The third-order valence-corrected chi connectivity index (χ3v) is 6.21. The van der Waals surface area contributed by atoms with Crippen molar-refractivity contribution in [3.63, 3.8) is 0 Å². The van der Waals surface area contributed by atoms with Gasteiger partial charge in [0.2, 0.25) is 0 Å². The van der Waals surface area contributed by atoms with Crippen LogP contribution in [0.5, 0.6) is 0 Å². The number of methoxy groups -OCH3 is 2. The van der Waals surface area contributed by atoms with Crippen LogP contribution in [0.3, 0.4) is 0 Å². The first-order valence-corrected chi connectivity index (χ1v) is 12.1. The smallest absolute Gasteiger partial charge is 0.186 e. The highest BCUT2D eigenvalue weighted by molar-refractivity contribution is 4.92. The second-order valence-electron chi connectivity index (χ2n) is 8.47. The van der Waals surface area contributed by atoms with Gasteiger partial charge in [-0.25, -0.2) is 0 Å². The number of fused-ring (bicyclic) bond motifs is 2. The van der Waals surface area contributed by atoms with Crippen molar-refractivity contribution in [3.8, 4) is 0 Å². The molecule has 14 heteroatoms. The molecule has 3 aliphatic heterocycles. The number of ether oxygens (including phenoxy) is 10. The van der Waals surface area contributed by atoms with Crippen molar-refractivity contribution in [2.75, 3.05) is 80.3 Å². The van der Waals surface area contributed by atoms with Gasteiger partial charge in [0.1, 0.15) is 48.8 Å². The molecule has 3 heterocycles. The van der Waals surface area contributed by atoms with E-state index < -0.39 is 74.6 Å². The van der Waals surface area contributed by atoms with Gasteiger partial charge >= 0.3 is 0 Å². The molecule has 0 amide bonds. The van der Waals surface area contributed by atoms with Gasteiger partial charge in [0, 0.05) is 14.2 Å². The number of aliphatic hydroxyl groups is 4. The Morgan fingerprint density at radius 3 is 1.19 bits per heavy atom. The molecule has 10 atom stereocenters. The third-order valence-electron chi connectivity index (χ3n) is 6.21. The molecule has 0 unspecified atom stereocenters. The van der Waals surface area contributed by atoms with E-state index in [4.69, 9.17) is 47.4 Å². The number of rotatable bonds is 4. The van der Waals surface area contributed by atoms with Crippen LogP contribution in [0.2, 0.25) is 0 Å². The molecule has 4 N–H and O–H groups in total. The van der Waals surface area contributed by atoms with Gasteiger partial charge in [-0.05, 0) is 0 Å². The minimum absolute atomic E-state index is 0.128. The molecule has 0 aromatic rings. The largest absolute Gasteiger partial charge is 0.394 e. The average molecular weight is 529 g/mol. The van der Waals surface area contributed by atoms with E-state index in [1.807, 2.05) is 0 Å². The second-order valence-corrected chi connectivity index (χ2v) is 8.47. The highest BCUT2D eigenvalue weighted by Crippen LogP contribution is 2.28. The molecule has 3 saturated heterocycles. The monoisotopic (exact) mass is 528 g/mol. The first kappa shape index (κ1) is 30.0. The second kappa shape index (κ2) is 15.8. The maximum Gasteiger partial charge on any atom is 0.186 e. The van der Waals surface area contributed by atoms with Crippen LogP contribution in [0, 0.1) is 0 Å². The van der Waals surface area contributed by atoms with Crippen LogP contribution in [0.15, 0.2) is 0 Å². The summed E-state index contributed by atoms with van der Waals surface area (Å²) in [5, 5.41) is 40.4. The Hall–Kier alpha value is -0.560. The van der Waals surface area contributed by atoms with E-state index in [0.29, 0.717) is 0 Å². The molecule has 0 spiro atoms. The van der Waals surface area contributed by atoms with Crippen LogP contribution in [-0.4, -0.2) is 162 Å². The van der Waals surface area contributed by atoms with Crippen LogP contribution in [-0.2, 0) is 47.4 Å². The summed E-state index contributed by atoms with van der Waals surface area (Å²) >= 11 is 0. The summed E-state index contributed by atoms with van der Waals surface area (Å²) in [6.45, 7) is 0.493. The van der Waals surface area contributed by atoms with E-state index in [1.54, 1.807) is 0 Å². The molecular formula is C22H40O14. The van der Waals surface area contributed by atoms with E-state index in [-0.39, 0.29) is 52.9 Å². The summed E-state index contributed by atoms with van der Waals surface area (Å²) in [4.78, 5) is 0. The fourth-order valence-corrected chi connectivity index (χ4v) is 4.37. The molecule has 36 heavy (non-hydrogen) atoms. The lowest BCUT2D eigenvalue weighted by Gasteiger charge is -2.43. The van der Waals surface area contributed by atoms with E-state index in [9.17, 15) is 20.4 Å². The summed E-state index contributed by atoms with van der Waals surface area (Å²) < 4.78 is 56.5. The molecule has 3 fully saturated rings. The fourth-order valence-electron chi connectivity index (χ4n) is 4.37. The molecule has 0 aromatic heterocycles. The molecular weight excluding hydrogens is 488 g/mol. The van der Waals surface area contributed by atoms with E-state index in [2.05, 4.69) is 0 Å². The molecule has 0 aromatic carbocycles. The van der Waals surface area contributed by atoms with Crippen molar-refractivity contribution in [1.29, 1.82) is 0 Å². The molecule has 14 nitrogen and oxygen atoms in total. The van der Waals surface area contributed by atoms with Crippen LogP contribution < -0.4 is 0 Å². The normalized spacial score (nSPS) is 42.5. The van der Waals surface area contributed by atoms with Crippen molar-refractivity contribution in [1.82, 2.24) is 0 Å². The quantitative estimate of drug-likeness (QED) is 0.291. The predicted molar refractivity (Wildman–Crippen MR) is 118 cm³/mol. The highest BCUT2D eigenvalue weighted by atomic mass is 16.7. The lowest BCUT2D eigenvalue weighted by atomic mass is 9.98. The minimum atomic E-state index is -1.14. The van der Waals surface area contributed by atoms with Crippen molar-refractivity contribution in [2.24, 2.45) is 0 Å². The van der Waals surface area contributed by atoms with Gasteiger partial charge in [-0.3, -0.25) is 0 Å². The SMILES string of the molecule is CO[C@@H]1O[C@@H](CO)[C@@H](O)[C@H]2OCCOCCO[C@H]3[C@@H](OC)O[C@@H](CO)[C@@H](O)[C@H]3OCCOCCO[C@@H]12. The Morgan fingerprint density at radius 1 is 0.556 bits per heavy atom. The van der Waals surface area contributed by atoms with Gasteiger partial charge in [-0.15, -0.1) is 0 Å². The summed E-state index contributed by atoms with van der Waals surface area (Å²) in [5.74, 6) is 0. The predicted octanol–water partition coefficient (Wildman–Crippen LogP) is -2.98. The van der Waals surface area contributed by atoms with Gasteiger partial charge in [-0.1, -0.05) is 0 Å². The number of hydrogen-bond donors (Lipinski definition) is 4. The summed E-state index contributed by atoms with van der Waals surface area (Å²) in [5.41, 5.74) is 0. The molecule has 0 bridgehead atoms. The Labute approximate surface area is 210 Å². The Morgan fingerprint density at radius 2 is 0.889 bits per heavy atom. The lowest BCUT2D eigenvalue weighted by molar-refractivity contribution is -0.315. The summed E-state index contributed by atoms with van der Waals surface area (Å²) in [6, 6.07) is 0. The summed E-state index contributed by atoms with van der Waals surface area (Å²) in [6.07, 6.45) is -8.98. The maximum atomic E-state index is 10.6. The molecule has 212 valence electrons. The highest BCUT2D eigenvalue weighted by Gasteiger charge is 2.48. The zero-order valence-electron chi connectivity index (χ0n) is 20.7. The van der Waals surface area contributed by atoms with Gasteiger partial charge in [0.05, 0.1) is 66.1 Å². The number of hydrogen-bond acceptors (Lipinski definition) is 14. The van der Waals surface area contributed by atoms with Crippen molar-refractivity contribution < 1.29 is 67.8 Å². The Balaban J connectivity index is 1.63. The van der Waals surface area contributed by atoms with E-state index in [0.717, 1.165) is 0 Å². The van der Waals surface area contributed by atoms with Gasteiger partial charge in [-0.2, -0.15) is 0 Å². The molecule has 0 saturated carbocycles. The number of aliphatic hydroxyl groups excluding tert-OH is 4. The maximum absolute atomic E-state index is 10.6. The van der Waals surface area contributed by atoms with Crippen LogP contribution in [0.1, 0.15) is 0 Å². The summed E-state index contributed by atoms with van der Waals surface area (Å²) in [7, 11) is 2.88. The van der Waals surface area contributed by atoms with Gasteiger partial charge in [0.25, 0.3) is 0 Å². The molecule has 3 aliphatic rings. The molecule has 0 radical (unpaired) electrons. The van der Waals surface area contributed by atoms with Crippen molar-refractivity contribution >= 4 is 0 Å². The molecule has 3 rings (SSSR count). The Bertz CT molecular complexity index is 549. The van der Waals surface area contributed by atoms with Crippen LogP contribution in [0.25, 0.3) is 0 Å². The van der Waals surface area contributed by atoms with Gasteiger partial charge in [0.15, 0.2) is 12.6 Å². The van der Waals surface area contributed by atoms with Crippen molar-refractivity contribution in [3.05, 3.63) is 0 Å². The van der Waals surface area contributed by atoms with Gasteiger partial charge < -0.3 is 67.8 Å². The fraction of sp³-hybridized carbons (Fsp3) is 1.00.